The molecule has 0 aromatic rings. The van der Waals surface area contributed by atoms with Crippen molar-refractivity contribution in [2.45, 2.75) is 66.5 Å². The van der Waals surface area contributed by atoms with Crippen LogP contribution >= 0.6 is 0 Å². The molecule has 0 spiro atoms. The fourth-order valence-electron chi connectivity index (χ4n) is 3.27. The monoisotopic (exact) mass is 268 g/mol. The molecule has 2 saturated heterocycles. The number of rotatable bonds is 3. The third-order valence-electron chi connectivity index (χ3n) is 4.46. The third-order valence-corrected chi connectivity index (χ3v) is 4.46. The van der Waals surface area contributed by atoms with Crippen LogP contribution in [0.1, 0.15) is 54.4 Å². The van der Waals surface area contributed by atoms with Crippen LogP contribution in [0.5, 0.6) is 0 Å². The molecule has 0 saturated carbocycles. The molecule has 112 valence electrons. The van der Waals surface area contributed by atoms with E-state index in [0.29, 0.717) is 29.8 Å². The maximum absolute atomic E-state index is 11.9. The Morgan fingerprint density at radius 2 is 1.74 bits per heavy atom. The van der Waals surface area contributed by atoms with Crippen molar-refractivity contribution in [2.24, 2.45) is 11.8 Å². The van der Waals surface area contributed by atoms with Gasteiger partial charge in [0.25, 0.3) is 0 Å². The number of hydrogen-bond donors (Lipinski definition) is 0. The SMILES string of the molecule is CC.CC(C)C1CN(C(C)C)CC1N1CCCC1=O. The first-order valence-electron chi connectivity index (χ1n) is 8.04. The van der Waals surface area contributed by atoms with Crippen LogP contribution in [0.15, 0.2) is 0 Å². The third kappa shape index (κ3) is 3.71. The molecule has 0 aliphatic carbocycles. The summed E-state index contributed by atoms with van der Waals surface area (Å²) in [5.41, 5.74) is 0. The quantitative estimate of drug-likeness (QED) is 0.785. The molecule has 0 aromatic carbocycles. The Hall–Kier alpha value is -0.570. The first kappa shape index (κ1) is 16.5. The van der Waals surface area contributed by atoms with Gasteiger partial charge >= 0.3 is 0 Å². The number of hydrogen-bond acceptors (Lipinski definition) is 2. The number of carbonyl (C=O) groups is 1. The average Bonchev–Trinajstić information content (AvgIpc) is 2.97. The van der Waals surface area contributed by atoms with Gasteiger partial charge in [-0.3, -0.25) is 9.69 Å². The van der Waals surface area contributed by atoms with Crippen molar-refractivity contribution >= 4 is 5.91 Å². The molecule has 0 aromatic heterocycles. The molecule has 2 heterocycles. The van der Waals surface area contributed by atoms with E-state index >= 15 is 0 Å². The highest BCUT2D eigenvalue weighted by molar-refractivity contribution is 5.78. The van der Waals surface area contributed by atoms with Gasteiger partial charge in [-0.2, -0.15) is 0 Å². The van der Waals surface area contributed by atoms with E-state index in [4.69, 9.17) is 0 Å². The van der Waals surface area contributed by atoms with Gasteiger partial charge in [-0.05, 0) is 32.1 Å². The summed E-state index contributed by atoms with van der Waals surface area (Å²) >= 11 is 0. The lowest BCUT2D eigenvalue weighted by atomic mass is 9.90. The Morgan fingerprint density at radius 1 is 1.11 bits per heavy atom. The summed E-state index contributed by atoms with van der Waals surface area (Å²) in [6.07, 6.45) is 1.82. The smallest absolute Gasteiger partial charge is 0.222 e. The molecule has 0 N–H and O–H groups in total. The van der Waals surface area contributed by atoms with E-state index in [9.17, 15) is 4.79 Å². The number of carbonyl (C=O) groups excluding carboxylic acids is 1. The molecular weight excluding hydrogens is 236 g/mol. The van der Waals surface area contributed by atoms with Crippen LogP contribution in [-0.2, 0) is 4.79 Å². The fourth-order valence-corrected chi connectivity index (χ4v) is 3.27. The van der Waals surface area contributed by atoms with Crippen molar-refractivity contribution in [2.75, 3.05) is 19.6 Å². The van der Waals surface area contributed by atoms with Gasteiger partial charge in [0, 0.05) is 38.1 Å². The summed E-state index contributed by atoms with van der Waals surface area (Å²) in [5.74, 6) is 1.70. The minimum atomic E-state index is 0.381. The van der Waals surface area contributed by atoms with Crippen molar-refractivity contribution in [3.05, 3.63) is 0 Å². The van der Waals surface area contributed by atoms with Crippen LogP contribution in [0.2, 0.25) is 0 Å². The van der Waals surface area contributed by atoms with E-state index in [0.717, 1.165) is 32.5 Å². The van der Waals surface area contributed by atoms with Gasteiger partial charge in [-0.1, -0.05) is 27.7 Å². The zero-order chi connectivity index (χ0) is 14.6. The predicted octanol–water partition coefficient (Wildman–Crippen LogP) is 3.00. The van der Waals surface area contributed by atoms with E-state index in [2.05, 4.69) is 37.5 Å². The van der Waals surface area contributed by atoms with Gasteiger partial charge in [0.1, 0.15) is 0 Å². The lowest BCUT2D eigenvalue weighted by molar-refractivity contribution is -0.130. The van der Waals surface area contributed by atoms with Crippen LogP contribution in [0, 0.1) is 11.8 Å². The van der Waals surface area contributed by atoms with E-state index < -0.39 is 0 Å². The number of amides is 1. The average molecular weight is 268 g/mol. The molecule has 19 heavy (non-hydrogen) atoms. The maximum Gasteiger partial charge on any atom is 0.222 e. The Balaban J connectivity index is 0.000000861. The summed E-state index contributed by atoms with van der Waals surface area (Å²) in [6.45, 7) is 16.3. The second-order valence-electron chi connectivity index (χ2n) is 6.21. The normalized spacial score (nSPS) is 28.2. The molecule has 1 amide bonds. The van der Waals surface area contributed by atoms with Gasteiger partial charge in [-0.15, -0.1) is 0 Å². The standard InChI is InChI=1S/C14H26N2O.C2H6/c1-10(2)12-8-15(11(3)4)9-13(12)16-7-5-6-14(16)17;1-2/h10-13H,5-9H2,1-4H3;1-2H3. The Morgan fingerprint density at radius 3 is 2.16 bits per heavy atom. The van der Waals surface area contributed by atoms with Crippen LogP contribution in [0.4, 0.5) is 0 Å². The minimum absolute atomic E-state index is 0.381. The summed E-state index contributed by atoms with van der Waals surface area (Å²) in [4.78, 5) is 16.6. The summed E-state index contributed by atoms with van der Waals surface area (Å²) in [6, 6.07) is 1.06. The maximum atomic E-state index is 11.9. The van der Waals surface area contributed by atoms with Gasteiger partial charge in [0.15, 0.2) is 0 Å². The summed E-state index contributed by atoms with van der Waals surface area (Å²) < 4.78 is 0. The van der Waals surface area contributed by atoms with Crippen molar-refractivity contribution in [1.82, 2.24) is 9.80 Å². The van der Waals surface area contributed by atoms with Crippen LogP contribution in [-0.4, -0.2) is 47.4 Å². The van der Waals surface area contributed by atoms with E-state index in [1.807, 2.05) is 13.8 Å². The molecule has 3 heteroatoms. The Labute approximate surface area is 119 Å². The first-order chi connectivity index (χ1) is 9.00. The van der Waals surface area contributed by atoms with E-state index in [-0.39, 0.29) is 0 Å². The van der Waals surface area contributed by atoms with Crippen LogP contribution in [0.3, 0.4) is 0 Å². The fraction of sp³-hybridized carbons (Fsp3) is 0.938. The van der Waals surface area contributed by atoms with E-state index in [1.54, 1.807) is 0 Å². The molecule has 3 nitrogen and oxygen atoms in total. The lowest BCUT2D eigenvalue weighted by Crippen LogP contribution is -2.43. The van der Waals surface area contributed by atoms with Gasteiger partial charge in [-0.25, -0.2) is 0 Å². The zero-order valence-electron chi connectivity index (χ0n) is 13.6. The molecule has 0 radical (unpaired) electrons. The van der Waals surface area contributed by atoms with Crippen molar-refractivity contribution in [1.29, 1.82) is 0 Å². The van der Waals surface area contributed by atoms with Crippen molar-refractivity contribution < 1.29 is 4.79 Å². The molecule has 2 fully saturated rings. The van der Waals surface area contributed by atoms with Crippen LogP contribution < -0.4 is 0 Å². The lowest BCUT2D eigenvalue weighted by Gasteiger charge is -2.30. The Bertz CT molecular complexity index is 288. The predicted molar refractivity (Wildman–Crippen MR) is 81.1 cm³/mol. The number of likely N-dealkylation sites (tertiary alicyclic amines) is 2. The molecule has 2 aliphatic heterocycles. The first-order valence-corrected chi connectivity index (χ1v) is 8.04. The minimum Gasteiger partial charge on any atom is -0.338 e. The van der Waals surface area contributed by atoms with Gasteiger partial charge < -0.3 is 4.90 Å². The molecule has 2 rings (SSSR count). The second kappa shape index (κ2) is 7.28. The summed E-state index contributed by atoms with van der Waals surface area (Å²) in [5, 5.41) is 0. The Kier molecular flexibility index (Phi) is 6.31. The zero-order valence-corrected chi connectivity index (χ0v) is 13.6. The highest BCUT2D eigenvalue weighted by atomic mass is 16.2. The largest absolute Gasteiger partial charge is 0.338 e. The van der Waals surface area contributed by atoms with Gasteiger partial charge in [0.2, 0.25) is 5.91 Å². The molecular formula is C16H32N2O. The molecule has 2 unspecified atom stereocenters. The highest BCUT2D eigenvalue weighted by Crippen LogP contribution is 2.31. The molecule has 2 aliphatic rings. The van der Waals surface area contributed by atoms with Gasteiger partial charge in [0.05, 0.1) is 0 Å². The van der Waals surface area contributed by atoms with Crippen molar-refractivity contribution in [3.63, 3.8) is 0 Å². The summed E-state index contributed by atoms with van der Waals surface area (Å²) in [7, 11) is 0. The van der Waals surface area contributed by atoms with Crippen molar-refractivity contribution in [3.8, 4) is 0 Å². The molecule has 2 atom stereocenters. The van der Waals surface area contributed by atoms with E-state index in [1.165, 1.54) is 0 Å². The van der Waals surface area contributed by atoms with Crippen LogP contribution in [0.25, 0.3) is 0 Å². The topological polar surface area (TPSA) is 23.6 Å². The number of nitrogens with zero attached hydrogens (tertiary/aromatic N) is 2. The second-order valence-corrected chi connectivity index (χ2v) is 6.21. The highest BCUT2D eigenvalue weighted by Gasteiger charge is 2.41. The molecule has 0 bridgehead atoms.